The molecule has 0 aliphatic carbocycles. The lowest BCUT2D eigenvalue weighted by atomic mass is 10.00. The van der Waals surface area contributed by atoms with Gasteiger partial charge in [-0.2, -0.15) is 0 Å². The number of imide groups is 1. The number of carbonyl (C=O) groups is 2. The quantitative estimate of drug-likeness (QED) is 0.810. The van der Waals surface area contributed by atoms with Gasteiger partial charge in [0.15, 0.2) is 0 Å². The van der Waals surface area contributed by atoms with Crippen LogP contribution in [0.15, 0.2) is 36.4 Å². The highest BCUT2D eigenvalue weighted by atomic mass is 16.3. The first kappa shape index (κ1) is 12.7. The first-order valence-corrected chi connectivity index (χ1v) is 6.60. The van der Waals surface area contributed by atoms with Crippen molar-refractivity contribution in [3.05, 3.63) is 36.4 Å². The predicted molar refractivity (Wildman–Crippen MR) is 76.4 cm³/mol. The molecule has 0 spiro atoms. The second kappa shape index (κ2) is 4.34. The molecule has 1 aliphatic heterocycles. The lowest BCUT2D eigenvalue weighted by Gasteiger charge is -2.17. The molecule has 2 atom stereocenters. The maximum Gasteiger partial charge on any atom is 0.237 e. The summed E-state index contributed by atoms with van der Waals surface area (Å²) in [6.07, 6.45) is 0. The van der Waals surface area contributed by atoms with Crippen LogP contribution in [-0.2, 0) is 9.59 Å². The molecule has 20 heavy (non-hydrogen) atoms. The number of nitrogens with zero attached hydrogens (tertiary/aromatic N) is 1. The summed E-state index contributed by atoms with van der Waals surface area (Å²) in [6.45, 7) is 3.56. The summed E-state index contributed by atoms with van der Waals surface area (Å²) >= 11 is 0. The molecule has 1 heterocycles. The summed E-state index contributed by atoms with van der Waals surface area (Å²) in [5.74, 6) is -0.758. The number of carbonyl (C=O) groups excluding carboxylic acids is 2. The molecule has 4 nitrogen and oxygen atoms in total. The zero-order valence-corrected chi connectivity index (χ0v) is 11.3. The van der Waals surface area contributed by atoms with E-state index in [4.69, 9.17) is 0 Å². The van der Waals surface area contributed by atoms with Crippen LogP contribution in [0.3, 0.4) is 0 Å². The molecule has 2 amide bonds. The van der Waals surface area contributed by atoms with Gasteiger partial charge < -0.3 is 5.11 Å². The predicted octanol–water partition coefficient (Wildman–Crippen LogP) is 2.69. The van der Waals surface area contributed by atoms with E-state index in [2.05, 4.69) is 0 Å². The third-order valence-electron chi connectivity index (χ3n) is 4.05. The molecular weight excluding hydrogens is 254 g/mol. The molecule has 1 saturated heterocycles. The molecule has 0 radical (unpaired) electrons. The van der Waals surface area contributed by atoms with Crippen LogP contribution in [0.4, 0.5) is 5.69 Å². The third kappa shape index (κ3) is 1.68. The van der Waals surface area contributed by atoms with E-state index >= 15 is 0 Å². The molecular formula is C16H15NO3. The summed E-state index contributed by atoms with van der Waals surface area (Å²) in [4.78, 5) is 25.9. The Morgan fingerprint density at radius 2 is 1.65 bits per heavy atom. The largest absolute Gasteiger partial charge is 0.508 e. The fourth-order valence-corrected chi connectivity index (χ4v) is 2.63. The summed E-state index contributed by atoms with van der Waals surface area (Å²) in [5, 5.41) is 11.1. The van der Waals surface area contributed by atoms with E-state index < -0.39 is 0 Å². The van der Waals surface area contributed by atoms with Crippen LogP contribution < -0.4 is 4.90 Å². The average Bonchev–Trinajstić information content (AvgIpc) is 2.62. The third-order valence-corrected chi connectivity index (χ3v) is 4.05. The molecule has 2 aromatic carbocycles. The van der Waals surface area contributed by atoms with Gasteiger partial charge in [-0.1, -0.05) is 26.0 Å². The molecule has 1 fully saturated rings. The molecule has 102 valence electrons. The van der Waals surface area contributed by atoms with Crippen LogP contribution in [0.5, 0.6) is 5.75 Å². The van der Waals surface area contributed by atoms with Gasteiger partial charge in [-0.05, 0) is 29.7 Å². The Hall–Kier alpha value is -2.36. The van der Waals surface area contributed by atoms with Gasteiger partial charge in [0.05, 0.1) is 5.69 Å². The smallest absolute Gasteiger partial charge is 0.237 e. The highest BCUT2D eigenvalue weighted by molar-refractivity contribution is 6.24. The number of anilines is 1. The Morgan fingerprint density at radius 1 is 1.00 bits per heavy atom. The Balaban J connectivity index is 2.20. The number of fused-ring (bicyclic) bond motifs is 1. The van der Waals surface area contributed by atoms with Crippen LogP contribution >= 0.6 is 0 Å². The topological polar surface area (TPSA) is 57.6 Å². The van der Waals surface area contributed by atoms with Crippen LogP contribution in [-0.4, -0.2) is 16.9 Å². The van der Waals surface area contributed by atoms with E-state index in [0.29, 0.717) is 5.69 Å². The van der Waals surface area contributed by atoms with Gasteiger partial charge in [0, 0.05) is 17.2 Å². The van der Waals surface area contributed by atoms with Crippen molar-refractivity contribution in [3.8, 4) is 5.75 Å². The van der Waals surface area contributed by atoms with Crippen molar-refractivity contribution < 1.29 is 14.7 Å². The van der Waals surface area contributed by atoms with Crippen LogP contribution in [0.25, 0.3) is 10.8 Å². The highest BCUT2D eigenvalue weighted by Crippen LogP contribution is 2.35. The van der Waals surface area contributed by atoms with E-state index in [1.807, 2.05) is 6.07 Å². The minimum absolute atomic E-state index is 0.162. The van der Waals surface area contributed by atoms with Gasteiger partial charge in [0.2, 0.25) is 11.8 Å². The van der Waals surface area contributed by atoms with E-state index in [-0.39, 0.29) is 29.4 Å². The lowest BCUT2D eigenvalue weighted by molar-refractivity contribution is -0.122. The second-order valence-electron chi connectivity index (χ2n) is 5.27. The van der Waals surface area contributed by atoms with Gasteiger partial charge in [-0.25, -0.2) is 4.90 Å². The van der Waals surface area contributed by atoms with Crippen LogP contribution in [0.2, 0.25) is 0 Å². The Labute approximate surface area is 116 Å². The number of hydrogen-bond acceptors (Lipinski definition) is 3. The zero-order chi connectivity index (χ0) is 14.4. The van der Waals surface area contributed by atoms with Crippen molar-refractivity contribution in [2.45, 2.75) is 13.8 Å². The number of phenols is 1. The second-order valence-corrected chi connectivity index (χ2v) is 5.27. The molecule has 1 N–H and O–H groups in total. The van der Waals surface area contributed by atoms with E-state index in [1.54, 1.807) is 44.2 Å². The number of phenolic OH excluding ortho intramolecular Hbond substituents is 1. The van der Waals surface area contributed by atoms with Gasteiger partial charge in [-0.15, -0.1) is 0 Å². The van der Waals surface area contributed by atoms with Crippen LogP contribution in [0, 0.1) is 11.8 Å². The number of benzene rings is 2. The molecule has 0 bridgehead atoms. The Morgan fingerprint density at radius 3 is 2.30 bits per heavy atom. The number of rotatable bonds is 1. The Kier molecular flexibility index (Phi) is 2.74. The fourth-order valence-electron chi connectivity index (χ4n) is 2.63. The van der Waals surface area contributed by atoms with E-state index in [1.165, 1.54) is 4.90 Å². The van der Waals surface area contributed by atoms with Crippen molar-refractivity contribution in [3.63, 3.8) is 0 Å². The molecule has 0 aromatic heterocycles. The van der Waals surface area contributed by atoms with Gasteiger partial charge in [0.25, 0.3) is 0 Å². The number of hydrogen-bond donors (Lipinski definition) is 1. The Bertz CT molecular complexity index is 703. The number of aromatic hydroxyl groups is 1. The number of amides is 2. The van der Waals surface area contributed by atoms with Crippen molar-refractivity contribution >= 4 is 28.3 Å². The minimum atomic E-state index is -0.296. The van der Waals surface area contributed by atoms with E-state index in [9.17, 15) is 14.7 Å². The summed E-state index contributed by atoms with van der Waals surface area (Å²) in [7, 11) is 0. The fraction of sp³-hybridized carbons (Fsp3) is 0.250. The zero-order valence-electron chi connectivity index (χ0n) is 11.3. The van der Waals surface area contributed by atoms with E-state index in [0.717, 1.165) is 10.8 Å². The molecule has 2 unspecified atom stereocenters. The normalized spacial score (nSPS) is 22.8. The van der Waals surface area contributed by atoms with Gasteiger partial charge in [0.1, 0.15) is 5.75 Å². The minimum Gasteiger partial charge on any atom is -0.508 e. The van der Waals surface area contributed by atoms with Crippen LogP contribution in [0.1, 0.15) is 13.8 Å². The summed E-state index contributed by atoms with van der Waals surface area (Å²) < 4.78 is 0. The van der Waals surface area contributed by atoms with Crippen molar-refractivity contribution in [1.29, 1.82) is 0 Å². The monoisotopic (exact) mass is 269 g/mol. The first-order chi connectivity index (χ1) is 9.50. The maximum atomic E-state index is 12.3. The van der Waals surface area contributed by atoms with Gasteiger partial charge >= 0.3 is 0 Å². The summed E-state index contributed by atoms with van der Waals surface area (Å²) in [5.41, 5.74) is 0.591. The highest BCUT2D eigenvalue weighted by Gasteiger charge is 2.43. The summed E-state index contributed by atoms with van der Waals surface area (Å²) in [6, 6.07) is 10.3. The first-order valence-electron chi connectivity index (χ1n) is 6.60. The van der Waals surface area contributed by atoms with Crippen molar-refractivity contribution in [1.82, 2.24) is 0 Å². The molecule has 0 saturated carbocycles. The molecule has 3 rings (SSSR count). The van der Waals surface area contributed by atoms with Crippen molar-refractivity contribution in [2.24, 2.45) is 11.8 Å². The molecule has 1 aliphatic rings. The van der Waals surface area contributed by atoms with Gasteiger partial charge in [-0.3, -0.25) is 9.59 Å². The maximum absolute atomic E-state index is 12.3. The van der Waals surface area contributed by atoms with Crippen molar-refractivity contribution in [2.75, 3.05) is 4.90 Å². The average molecular weight is 269 g/mol. The lowest BCUT2D eigenvalue weighted by Crippen LogP contribution is -2.30. The molecule has 4 heteroatoms. The molecule has 2 aromatic rings. The SMILES string of the molecule is CC1C(=O)N(c2cccc3cc(O)ccc23)C(=O)C1C. The standard InChI is InChI=1S/C16H15NO3/c1-9-10(2)16(20)17(15(9)19)14-5-3-4-11-8-12(18)6-7-13(11)14/h3-10,18H,1-2H3.